The van der Waals surface area contributed by atoms with E-state index in [1.165, 1.54) is 18.2 Å². The second-order valence-corrected chi connectivity index (χ2v) is 5.24. The van der Waals surface area contributed by atoms with E-state index in [0.29, 0.717) is 18.2 Å². The highest BCUT2D eigenvalue weighted by molar-refractivity contribution is 9.09. The molecule has 0 aliphatic heterocycles. The third kappa shape index (κ3) is 2.99. The maximum Gasteiger partial charge on any atom is 0.255 e. The smallest absolute Gasteiger partial charge is 0.255 e. The van der Waals surface area contributed by atoms with Crippen molar-refractivity contribution in [2.45, 2.75) is 18.9 Å². The molecule has 1 fully saturated rings. The second-order valence-electron chi connectivity index (χ2n) is 4.04. The van der Waals surface area contributed by atoms with Crippen LogP contribution >= 0.6 is 27.5 Å². The topological polar surface area (TPSA) is 20.3 Å². The lowest BCUT2D eigenvalue weighted by Gasteiger charge is -2.21. The highest BCUT2D eigenvalue weighted by atomic mass is 79.9. The van der Waals surface area contributed by atoms with Crippen LogP contribution in [0.25, 0.3) is 0 Å². The third-order valence-corrected chi connectivity index (χ3v) is 3.40. The average molecular weight is 321 g/mol. The number of carbonyl (C=O) groups excluding carboxylic acids is 1. The summed E-state index contributed by atoms with van der Waals surface area (Å²) >= 11 is 9.22. The molecule has 0 spiro atoms. The zero-order valence-electron chi connectivity index (χ0n) is 9.13. The van der Waals surface area contributed by atoms with E-state index in [1.807, 2.05) is 0 Å². The van der Waals surface area contributed by atoms with Gasteiger partial charge in [0.15, 0.2) is 0 Å². The Morgan fingerprint density at radius 3 is 2.76 bits per heavy atom. The monoisotopic (exact) mass is 319 g/mol. The van der Waals surface area contributed by atoms with Gasteiger partial charge in [0, 0.05) is 17.9 Å². The standard InChI is InChI=1S/C12H12BrClFNO/c13-5-6-16(9-2-3-9)12(17)10-4-1-8(15)7-11(10)14/h1,4,7,9H,2-3,5-6H2. The van der Waals surface area contributed by atoms with Crippen LogP contribution in [0.1, 0.15) is 23.2 Å². The zero-order chi connectivity index (χ0) is 12.4. The number of nitrogens with zero attached hydrogens (tertiary/aromatic N) is 1. The molecule has 0 N–H and O–H groups in total. The van der Waals surface area contributed by atoms with E-state index in [-0.39, 0.29) is 10.9 Å². The molecular weight excluding hydrogens is 308 g/mol. The number of rotatable bonds is 4. The Morgan fingerprint density at radius 1 is 1.53 bits per heavy atom. The van der Waals surface area contributed by atoms with Crippen molar-refractivity contribution in [3.63, 3.8) is 0 Å². The van der Waals surface area contributed by atoms with Gasteiger partial charge in [0.2, 0.25) is 0 Å². The Balaban J connectivity index is 2.22. The Hall–Kier alpha value is -0.610. The van der Waals surface area contributed by atoms with Gasteiger partial charge in [-0.05, 0) is 31.0 Å². The normalized spacial score (nSPS) is 14.8. The van der Waals surface area contributed by atoms with Crippen molar-refractivity contribution in [1.82, 2.24) is 4.90 Å². The van der Waals surface area contributed by atoms with Gasteiger partial charge in [-0.25, -0.2) is 4.39 Å². The van der Waals surface area contributed by atoms with Crippen molar-refractivity contribution in [3.05, 3.63) is 34.6 Å². The van der Waals surface area contributed by atoms with Crippen molar-refractivity contribution in [2.75, 3.05) is 11.9 Å². The molecule has 1 aliphatic rings. The first-order valence-electron chi connectivity index (χ1n) is 5.45. The third-order valence-electron chi connectivity index (χ3n) is 2.74. The van der Waals surface area contributed by atoms with E-state index >= 15 is 0 Å². The first-order valence-corrected chi connectivity index (χ1v) is 6.95. The van der Waals surface area contributed by atoms with Gasteiger partial charge in [-0.3, -0.25) is 4.79 Å². The number of hydrogen-bond donors (Lipinski definition) is 0. The number of halogens is 3. The van der Waals surface area contributed by atoms with Crippen LogP contribution in [0.5, 0.6) is 0 Å². The molecule has 0 saturated heterocycles. The lowest BCUT2D eigenvalue weighted by Crippen LogP contribution is -2.34. The Bertz CT molecular complexity index is 437. The summed E-state index contributed by atoms with van der Waals surface area (Å²) in [7, 11) is 0. The van der Waals surface area contributed by atoms with Crippen LogP contribution in [0.15, 0.2) is 18.2 Å². The van der Waals surface area contributed by atoms with Crippen LogP contribution in [0, 0.1) is 5.82 Å². The average Bonchev–Trinajstić information content (AvgIpc) is 3.09. The quantitative estimate of drug-likeness (QED) is 0.778. The van der Waals surface area contributed by atoms with Crippen molar-refractivity contribution >= 4 is 33.4 Å². The van der Waals surface area contributed by atoms with E-state index in [0.717, 1.165) is 18.2 Å². The minimum Gasteiger partial charge on any atom is -0.335 e. The Morgan fingerprint density at radius 2 is 2.24 bits per heavy atom. The van der Waals surface area contributed by atoms with Crippen LogP contribution in [-0.2, 0) is 0 Å². The lowest BCUT2D eigenvalue weighted by molar-refractivity contribution is 0.0755. The highest BCUT2D eigenvalue weighted by Gasteiger charge is 2.33. The van der Waals surface area contributed by atoms with E-state index in [9.17, 15) is 9.18 Å². The molecule has 2 rings (SSSR count). The molecule has 0 bridgehead atoms. The minimum absolute atomic E-state index is 0.114. The predicted octanol–water partition coefficient (Wildman–Crippen LogP) is 3.48. The van der Waals surface area contributed by atoms with Gasteiger partial charge >= 0.3 is 0 Å². The summed E-state index contributed by atoms with van der Waals surface area (Å²) in [5, 5.41) is 0.906. The van der Waals surface area contributed by atoms with Crippen molar-refractivity contribution in [3.8, 4) is 0 Å². The molecule has 0 unspecified atom stereocenters. The lowest BCUT2D eigenvalue weighted by atomic mass is 10.2. The molecule has 5 heteroatoms. The van der Waals surface area contributed by atoms with Crippen LogP contribution in [0.2, 0.25) is 5.02 Å². The summed E-state index contributed by atoms with van der Waals surface area (Å²) in [5.74, 6) is -0.540. The van der Waals surface area contributed by atoms with Gasteiger partial charge in [0.1, 0.15) is 5.82 Å². The number of carbonyl (C=O) groups is 1. The number of amides is 1. The SMILES string of the molecule is O=C(c1ccc(F)cc1Cl)N(CCBr)C1CC1. The summed E-state index contributed by atoms with van der Waals surface area (Å²) in [6.07, 6.45) is 2.08. The fourth-order valence-corrected chi connectivity index (χ4v) is 2.37. The van der Waals surface area contributed by atoms with Crippen LogP contribution in [0.4, 0.5) is 4.39 Å². The molecule has 0 radical (unpaired) electrons. The molecule has 2 nitrogen and oxygen atoms in total. The van der Waals surface area contributed by atoms with Gasteiger partial charge in [-0.2, -0.15) is 0 Å². The van der Waals surface area contributed by atoms with Gasteiger partial charge in [0.05, 0.1) is 10.6 Å². The molecule has 0 atom stereocenters. The van der Waals surface area contributed by atoms with E-state index in [4.69, 9.17) is 11.6 Å². The maximum absolute atomic E-state index is 12.9. The summed E-state index contributed by atoms with van der Waals surface area (Å²) in [4.78, 5) is 14.0. The van der Waals surface area contributed by atoms with E-state index in [2.05, 4.69) is 15.9 Å². The molecule has 17 heavy (non-hydrogen) atoms. The van der Waals surface area contributed by atoms with Crippen molar-refractivity contribution in [1.29, 1.82) is 0 Å². The zero-order valence-corrected chi connectivity index (χ0v) is 11.5. The summed E-state index contributed by atoms with van der Waals surface area (Å²) in [6.45, 7) is 0.650. The number of benzene rings is 1. The summed E-state index contributed by atoms with van der Waals surface area (Å²) in [5.41, 5.74) is 0.376. The number of hydrogen-bond acceptors (Lipinski definition) is 1. The molecule has 1 aromatic rings. The number of alkyl halides is 1. The molecule has 1 aromatic carbocycles. The first kappa shape index (κ1) is 12.8. The predicted molar refractivity (Wildman–Crippen MR) is 69.3 cm³/mol. The van der Waals surface area contributed by atoms with Gasteiger partial charge in [0.25, 0.3) is 5.91 Å². The maximum atomic E-state index is 12.9. The molecule has 92 valence electrons. The minimum atomic E-state index is -0.426. The van der Waals surface area contributed by atoms with Gasteiger partial charge < -0.3 is 4.90 Å². The first-order chi connectivity index (χ1) is 8.13. The fraction of sp³-hybridized carbons (Fsp3) is 0.417. The van der Waals surface area contributed by atoms with Crippen molar-refractivity contribution in [2.24, 2.45) is 0 Å². The van der Waals surface area contributed by atoms with E-state index in [1.54, 1.807) is 4.90 Å². The molecule has 1 amide bonds. The van der Waals surface area contributed by atoms with E-state index < -0.39 is 5.82 Å². The molecule has 1 saturated carbocycles. The summed E-state index contributed by atoms with van der Waals surface area (Å²) in [6, 6.07) is 4.21. The van der Waals surface area contributed by atoms with Crippen molar-refractivity contribution < 1.29 is 9.18 Å². The molecule has 0 aromatic heterocycles. The Labute approximate surface area is 113 Å². The molecule has 0 heterocycles. The van der Waals surface area contributed by atoms with Gasteiger partial charge in [-0.1, -0.05) is 27.5 Å². The molecule has 1 aliphatic carbocycles. The second kappa shape index (κ2) is 5.36. The Kier molecular flexibility index (Phi) is 4.05. The van der Waals surface area contributed by atoms with Crippen LogP contribution < -0.4 is 0 Å². The summed E-state index contributed by atoms with van der Waals surface area (Å²) < 4.78 is 12.9. The highest BCUT2D eigenvalue weighted by Crippen LogP contribution is 2.29. The van der Waals surface area contributed by atoms with Gasteiger partial charge in [-0.15, -0.1) is 0 Å². The fourth-order valence-electron chi connectivity index (χ4n) is 1.74. The molecular formula is C12H12BrClFNO. The van der Waals surface area contributed by atoms with Crippen LogP contribution in [-0.4, -0.2) is 28.7 Å². The largest absolute Gasteiger partial charge is 0.335 e. The van der Waals surface area contributed by atoms with Crippen LogP contribution in [0.3, 0.4) is 0 Å².